The van der Waals surface area contributed by atoms with Crippen LogP contribution in [0.4, 0.5) is 0 Å². The topological polar surface area (TPSA) is 92.7 Å². The van der Waals surface area contributed by atoms with Gasteiger partial charge < -0.3 is 15.2 Å². The third kappa shape index (κ3) is 4.88. The molecule has 7 heteroatoms. The van der Waals surface area contributed by atoms with Crippen molar-refractivity contribution < 1.29 is 24.2 Å². The van der Waals surface area contributed by atoms with E-state index in [1.165, 1.54) is 0 Å². The van der Waals surface area contributed by atoms with Crippen molar-refractivity contribution in [2.45, 2.75) is 51.5 Å². The van der Waals surface area contributed by atoms with E-state index in [1.54, 1.807) is 11.3 Å². The molecule has 1 fully saturated rings. The highest BCUT2D eigenvalue weighted by molar-refractivity contribution is 7.12. The van der Waals surface area contributed by atoms with Gasteiger partial charge in [0.1, 0.15) is 0 Å². The van der Waals surface area contributed by atoms with Gasteiger partial charge in [-0.15, -0.1) is 11.3 Å². The highest BCUT2D eigenvalue weighted by atomic mass is 32.1. The van der Waals surface area contributed by atoms with E-state index < -0.39 is 11.5 Å². The molecule has 1 aromatic heterocycles. The fourth-order valence-corrected chi connectivity index (χ4v) is 3.97. The van der Waals surface area contributed by atoms with Crippen LogP contribution in [0.3, 0.4) is 0 Å². The number of carbonyl (C=O) groups is 3. The van der Waals surface area contributed by atoms with E-state index in [1.807, 2.05) is 19.9 Å². The van der Waals surface area contributed by atoms with Crippen LogP contribution in [0.25, 0.3) is 0 Å². The summed E-state index contributed by atoms with van der Waals surface area (Å²) in [5, 5.41) is 11.9. The van der Waals surface area contributed by atoms with Gasteiger partial charge in [0.25, 0.3) is 0 Å². The molecule has 1 aliphatic rings. The summed E-state index contributed by atoms with van der Waals surface area (Å²) < 4.78 is 5.26. The molecule has 0 aliphatic carbocycles. The molecule has 0 unspecified atom stereocenters. The number of amides is 1. The Morgan fingerprint density at radius 3 is 2.46 bits per heavy atom. The van der Waals surface area contributed by atoms with Crippen molar-refractivity contribution in [3.05, 3.63) is 21.4 Å². The molecule has 0 aromatic carbocycles. The summed E-state index contributed by atoms with van der Waals surface area (Å²) in [7, 11) is 0. The van der Waals surface area contributed by atoms with Crippen LogP contribution in [-0.2, 0) is 14.3 Å². The summed E-state index contributed by atoms with van der Waals surface area (Å²) in [6, 6.07) is 1.85. The molecule has 1 saturated heterocycles. The smallest absolute Gasteiger partial charge is 0.305 e. The first-order valence-corrected chi connectivity index (χ1v) is 8.84. The van der Waals surface area contributed by atoms with Crippen molar-refractivity contribution in [2.75, 3.05) is 13.2 Å². The summed E-state index contributed by atoms with van der Waals surface area (Å²) in [4.78, 5) is 37.6. The van der Waals surface area contributed by atoms with E-state index in [4.69, 9.17) is 9.84 Å². The Bertz CT molecular complexity index is 631. The second-order valence-electron chi connectivity index (χ2n) is 6.26. The Morgan fingerprint density at radius 2 is 1.92 bits per heavy atom. The molecule has 2 heterocycles. The minimum atomic E-state index is -0.947. The van der Waals surface area contributed by atoms with Crippen molar-refractivity contribution in [3.8, 4) is 0 Å². The Morgan fingerprint density at radius 1 is 1.25 bits per heavy atom. The van der Waals surface area contributed by atoms with Crippen LogP contribution < -0.4 is 5.32 Å². The van der Waals surface area contributed by atoms with Gasteiger partial charge in [0.05, 0.1) is 12.0 Å². The Hall–Kier alpha value is -1.73. The van der Waals surface area contributed by atoms with Crippen LogP contribution in [0, 0.1) is 13.8 Å². The number of ketones is 1. The monoisotopic (exact) mass is 353 g/mol. The lowest BCUT2D eigenvalue weighted by Crippen LogP contribution is -2.53. The molecule has 0 saturated carbocycles. The van der Waals surface area contributed by atoms with Gasteiger partial charge in [-0.1, -0.05) is 0 Å². The summed E-state index contributed by atoms with van der Waals surface area (Å²) >= 11 is 1.57. The number of hydrogen-bond donors (Lipinski definition) is 2. The van der Waals surface area contributed by atoms with E-state index in [0.717, 1.165) is 9.75 Å². The van der Waals surface area contributed by atoms with E-state index in [0.29, 0.717) is 31.6 Å². The van der Waals surface area contributed by atoms with Crippen LogP contribution in [0.15, 0.2) is 6.07 Å². The van der Waals surface area contributed by atoms with Gasteiger partial charge in [0.2, 0.25) is 5.91 Å². The standard InChI is InChI=1S/C17H23NO5S/c1-11-9-13(12(2)24-11)14(19)3-4-15(20)18-17(10-16(21)22)5-7-23-8-6-17/h9H,3-8,10H2,1-2H3,(H,18,20)(H,21,22). The van der Waals surface area contributed by atoms with Gasteiger partial charge in [-0.3, -0.25) is 14.4 Å². The highest BCUT2D eigenvalue weighted by Crippen LogP contribution is 2.25. The Balaban J connectivity index is 1.92. The Kier molecular flexibility index (Phi) is 6.12. The average molecular weight is 353 g/mol. The number of hydrogen-bond acceptors (Lipinski definition) is 5. The first kappa shape index (κ1) is 18.6. The second-order valence-corrected chi connectivity index (χ2v) is 7.72. The fraction of sp³-hybridized carbons (Fsp3) is 0.588. The molecule has 24 heavy (non-hydrogen) atoms. The largest absolute Gasteiger partial charge is 0.481 e. The zero-order chi connectivity index (χ0) is 17.7. The average Bonchev–Trinajstić information content (AvgIpc) is 2.83. The summed E-state index contributed by atoms with van der Waals surface area (Å²) in [6.45, 7) is 4.70. The number of ether oxygens (including phenoxy) is 1. The van der Waals surface area contributed by atoms with E-state index >= 15 is 0 Å². The zero-order valence-corrected chi connectivity index (χ0v) is 14.8. The molecule has 6 nitrogen and oxygen atoms in total. The van der Waals surface area contributed by atoms with Crippen molar-refractivity contribution in [1.82, 2.24) is 5.32 Å². The molecule has 132 valence electrons. The maximum Gasteiger partial charge on any atom is 0.305 e. The number of nitrogens with one attached hydrogen (secondary N) is 1. The van der Waals surface area contributed by atoms with Gasteiger partial charge in [-0.25, -0.2) is 0 Å². The molecule has 1 amide bonds. The molecule has 0 spiro atoms. The predicted octanol–water partition coefficient (Wildman–Crippen LogP) is 2.47. The van der Waals surface area contributed by atoms with Crippen LogP contribution >= 0.6 is 11.3 Å². The van der Waals surface area contributed by atoms with E-state index in [2.05, 4.69) is 5.32 Å². The summed E-state index contributed by atoms with van der Waals surface area (Å²) in [5.74, 6) is -1.28. The summed E-state index contributed by atoms with van der Waals surface area (Å²) in [6.07, 6.45) is 1.01. The van der Waals surface area contributed by atoms with Crippen LogP contribution in [-0.4, -0.2) is 41.5 Å². The maximum atomic E-state index is 12.2. The summed E-state index contributed by atoms with van der Waals surface area (Å²) in [5.41, 5.74) is -0.0874. The van der Waals surface area contributed by atoms with Gasteiger partial charge in [0.15, 0.2) is 5.78 Å². The first-order valence-electron chi connectivity index (χ1n) is 8.02. The highest BCUT2D eigenvalue weighted by Gasteiger charge is 2.36. The lowest BCUT2D eigenvalue weighted by Gasteiger charge is -2.36. The number of Topliss-reactive ketones (excluding diaryl/α,β-unsaturated/α-hetero) is 1. The number of carboxylic acid groups (broad SMARTS) is 1. The lowest BCUT2D eigenvalue weighted by atomic mass is 9.86. The Labute approximate surface area is 145 Å². The zero-order valence-electron chi connectivity index (χ0n) is 14.0. The van der Waals surface area contributed by atoms with E-state index in [-0.39, 0.29) is 31.0 Å². The second kappa shape index (κ2) is 7.90. The van der Waals surface area contributed by atoms with Crippen LogP contribution in [0.5, 0.6) is 0 Å². The van der Waals surface area contributed by atoms with Crippen LogP contribution in [0.2, 0.25) is 0 Å². The normalized spacial score (nSPS) is 16.6. The number of aliphatic carboxylic acids is 1. The van der Waals surface area contributed by atoms with Gasteiger partial charge in [0, 0.05) is 41.4 Å². The van der Waals surface area contributed by atoms with Crippen molar-refractivity contribution in [2.24, 2.45) is 0 Å². The minimum absolute atomic E-state index is 0.0498. The molecule has 2 rings (SSSR count). The number of thiophene rings is 1. The molecule has 0 atom stereocenters. The van der Waals surface area contributed by atoms with Crippen LogP contribution in [0.1, 0.15) is 52.2 Å². The van der Waals surface area contributed by atoms with Gasteiger partial charge >= 0.3 is 5.97 Å². The first-order chi connectivity index (χ1) is 11.3. The molecular formula is C17H23NO5S. The van der Waals surface area contributed by atoms with Gasteiger partial charge in [-0.05, 0) is 32.8 Å². The SMILES string of the molecule is Cc1cc(C(=O)CCC(=O)NC2(CC(=O)O)CCOCC2)c(C)s1. The molecule has 1 aliphatic heterocycles. The molecular weight excluding hydrogens is 330 g/mol. The number of aryl methyl sites for hydroxylation is 2. The number of rotatable bonds is 7. The molecule has 0 bridgehead atoms. The minimum Gasteiger partial charge on any atom is -0.481 e. The third-order valence-corrected chi connectivity index (χ3v) is 5.23. The predicted molar refractivity (Wildman–Crippen MR) is 90.5 cm³/mol. The molecule has 0 radical (unpaired) electrons. The van der Waals surface area contributed by atoms with E-state index in [9.17, 15) is 14.4 Å². The number of carboxylic acids is 1. The quantitative estimate of drug-likeness (QED) is 0.735. The van der Waals surface area contributed by atoms with Crippen molar-refractivity contribution >= 4 is 29.0 Å². The van der Waals surface area contributed by atoms with Gasteiger partial charge in [-0.2, -0.15) is 0 Å². The maximum absolute atomic E-state index is 12.2. The third-order valence-electron chi connectivity index (χ3n) is 4.26. The molecule has 2 N–H and O–H groups in total. The fourth-order valence-electron chi connectivity index (χ4n) is 3.03. The lowest BCUT2D eigenvalue weighted by molar-refractivity contribution is -0.140. The van der Waals surface area contributed by atoms with Crippen molar-refractivity contribution in [1.29, 1.82) is 0 Å². The molecule has 1 aromatic rings. The van der Waals surface area contributed by atoms with Crippen molar-refractivity contribution in [3.63, 3.8) is 0 Å². The number of carbonyl (C=O) groups excluding carboxylic acids is 2.